The van der Waals surface area contributed by atoms with Crippen LogP contribution in [0.2, 0.25) is 5.15 Å². The first-order valence-corrected chi connectivity index (χ1v) is 6.56. The number of anilines is 1. The quantitative estimate of drug-likeness (QED) is 0.788. The van der Waals surface area contributed by atoms with Crippen LogP contribution in [0.4, 0.5) is 5.13 Å². The van der Waals surface area contributed by atoms with Crippen molar-refractivity contribution in [3.8, 4) is 0 Å². The Hall–Kier alpha value is -2.05. The second kappa shape index (κ2) is 4.91. The van der Waals surface area contributed by atoms with Crippen molar-refractivity contribution in [3.05, 3.63) is 47.5 Å². The number of halogens is 1. The molecule has 3 rings (SSSR count). The average molecular weight is 291 g/mol. The van der Waals surface area contributed by atoms with Gasteiger partial charge in [-0.05, 0) is 12.1 Å². The van der Waals surface area contributed by atoms with Crippen LogP contribution >= 0.6 is 22.9 Å². The molecule has 0 saturated carbocycles. The van der Waals surface area contributed by atoms with Crippen LogP contribution in [0.15, 0.2) is 36.7 Å². The molecule has 7 heteroatoms. The number of nitrogens with one attached hydrogen (secondary N) is 1. The van der Waals surface area contributed by atoms with Crippen molar-refractivity contribution >= 4 is 44.2 Å². The number of nitrogens with zero attached hydrogens (tertiary/aromatic N) is 3. The summed E-state index contributed by atoms with van der Waals surface area (Å²) >= 11 is 7.09. The maximum absolute atomic E-state index is 11.9. The summed E-state index contributed by atoms with van der Waals surface area (Å²) in [5.41, 5.74) is 1.01. The Bertz CT molecular complexity index is 725. The predicted octanol–water partition coefficient (Wildman–Crippen LogP) is 2.99. The van der Waals surface area contributed by atoms with Crippen LogP contribution in [0.5, 0.6) is 0 Å². The molecule has 0 fully saturated rings. The third-order valence-electron chi connectivity index (χ3n) is 2.35. The van der Waals surface area contributed by atoms with Gasteiger partial charge in [0.25, 0.3) is 5.91 Å². The molecule has 0 atom stereocenters. The molecule has 0 aliphatic rings. The van der Waals surface area contributed by atoms with E-state index in [1.165, 1.54) is 23.7 Å². The summed E-state index contributed by atoms with van der Waals surface area (Å²) in [6.07, 6.45) is 2.73. The van der Waals surface area contributed by atoms with Gasteiger partial charge < -0.3 is 0 Å². The van der Waals surface area contributed by atoms with E-state index in [0.717, 1.165) is 10.2 Å². The van der Waals surface area contributed by atoms with Crippen LogP contribution in [0.1, 0.15) is 10.5 Å². The number of para-hydroxylation sites is 1. The molecule has 1 aromatic carbocycles. The predicted molar refractivity (Wildman–Crippen MR) is 74.6 cm³/mol. The van der Waals surface area contributed by atoms with Crippen molar-refractivity contribution in [3.63, 3.8) is 0 Å². The van der Waals surface area contributed by atoms with E-state index in [1.54, 1.807) is 0 Å². The second-order valence-corrected chi connectivity index (χ2v) is 5.09. The summed E-state index contributed by atoms with van der Waals surface area (Å²) in [5, 5.41) is 3.38. The standard InChI is InChI=1S/C12H7ClN4OS/c13-10-6-14-5-8(15-10)11(18)17-12-16-7-3-1-2-4-9(7)19-12/h1-6H,(H,16,17,18). The highest BCUT2D eigenvalue weighted by Gasteiger charge is 2.11. The first-order valence-electron chi connectivity index (χ1n) is 5.37. The zero-order valence-electron chi connectivity index (χ0n) is 9.50. The maximum atomic E-state index is 11.9. The first kappa shape index (κ1) is 12.0. The molecule has 3 aromatic rings. The number of carbonyl (C=O) groups is 1. The van der Waals surface area contributed by atoms with Crippen LogP contribution in [0.3, 0.4) is 0 Å². The van der Waals surface area contributed by atoms with Crippen molar-refractivity contribution in [2.45, 2.75) is 0 Å². The van der Waals surface area contributed by atoms with Gasteiger partial charge in [0.05, 0.1) is 22.6 Å². The van der Waals surface area contributed by atoms with Gasteiger partial charge in [0.15, 0.2) is 5.13 Å². The molecule has 2 aromatic heterocycles. The van der Waals surface area contributed by atoms with E-state index in [2.05, 4.69) is 20.3 Å². The highest BCUT2D eigenvalue weighted by atomic mass is 35.5. The fraction of sp³-hybridized carbons (Fsp3) is 0. The van der Waals surface area contributed by atoms with Crippen molar-refractivity contribution in [2.75, 3.05) is 5.32 Å². The largest absolute Gasteiger partial charge is 0.296 e. The third-order valence-corrected chi connectivity index (χ3v) is 3.49. The molecule has 0 aliphatic heterocycles. The summed E-state index contributed by atoms with van der Waals surface area (Å²) in [6.45, 7) is 0. The van der Waals surface area contributed by atoms with Gasteiger partial charge in [-0.15, -0.1) is 0 Å². The number of hydrogen-bond donors (Lipinski definition) is 1. The molecule has 2 heterocycles. The maximum Gasteiger partial charge on any atom is 0.277 e. The Morgan fingerprint density at radius 2 is 2.05 bits per heavy atom. The lowest BCUT2D eigenvalue weighted by molar-refractivity contribution is 0.102. The highest BCUT2D eigenvalue weighted by Crippen LogP contribution is 2.25. The summed E-state index contributed by atoms with van der Waals surface area (Å²) in [4.78, 5) is 24.0. The van der Waals surface area contributed by atoms with Crippen molar-refractivity contribution < 1.29 is 4.79 Å². The van der Waals surface area contributed by atoms with Gasteiger partial charge in [-0.1, -0.05) is 35.1 Å². The molecule has 0 unspecified atom stereocenters. The zero-order chi connectivity index (χ0) is 13.2. The smallest absolute Gasteiger partial charge is 0.277 e. The molecule has 5 nitrogen and oxygen atoms in total. The summed E-state index contributed by atoms with van der Waals surface area (Å²) in [7, 11) is 0. The molecule has 0 saturated heterocycles. The number of thiazole rings is 1. The number of hydrogen-bond acceptors (Lipinski definition) is 5. The second-order valence-electron chi connectivity index (χ2n) is 3.67. The van der Waals surface area contributed by atoms with E-state index >= 15 is 0 Å². The van der Waals surface area contributed by atoms with Gasteiger partial charge in [-0.25, -0.2) is 9.97 Å². The minimum absolute atomic E-state index is 0.159. The monoisotopic (exact) mass is 290 g/mol. The van der Waals surface area contributed by atoms with E-state index < -0.39 is 0 Å². The number of carbonyl (C=O) groups excluding carboxylic acids is 1. The van der Waals surface area contributed by atoms with Gasteiger partial charge >= 0.3 is 0 Å². The first-order chi connectivity index (χ1) is 9.22. The fourth-order valence-electron chi connectivity index (χ4n) is 1.54. The average Bonchev–Trinajstić information content (AvgIpc) is 2.80. The molecular formula is C12H7ClN4OS. The lowest BCUT2D eigenvalue weighted by atomic mass is 10.3. The molecule has 94 valence electrons. The van der Waals surface area contributed by atoms with Gasteiger partial charge in [-0.3, -0.25) is 15.1 Å². The molecule has 19 heavy (non-hydrogen) atoms. The summed E-state index contributed by atoms with van der Waals surface area (Å²) in [5.74, 6) is -0.381. The van der Waals surface area contributed by atoms with E-state index in [1.807, 2.05) is 24.3 Å². The fourth-order valence-corrected chi connectivity index (χ4v) is 2.55. The molecule has 0 bridgehead atoms. The highest BCUT2D eigenvalue weighted by molar-refractivity contribution is 7.22. The zero-order valence-corrected chi connectivity index (χ0v) is 11.1. The Kier molecular flexibility index (Phi) is 3.10. The Balaban J connectivity index is 1.86. The summed E-state index contributed by atoms with van der Waals surface area (Å²) in [6, 6.07) is 7.66. The van der Waals surface area contributed by atoms with Gasteiger partial charge in [0.2, 0.25) is 0 Å². The topological polar surface area (TPSA) is 67.8 Å². The van der Waals surface area contributed by atoms with Crippen molar-refractivity contribution in [2.24, 2.45) is 0 Å². The van der Waals surface area contributed by atoms with Crippen LogP contribution in [-0.2, 0) is 0 Å². The lowest BCUT2D eigenvalue weighted by Crippen LogP contribution is -2.13. The molecule has 0 spiro atoms. The van der Waals surface area contributed by atoms with Crippen molar-refractivity contribution in [1.29, 1.82) is 0 Å². The Morgan fingerprint density at radius 3 is 2.84 bits per heavy atom. The van der Waals surface area contributed by atoms with E-state index in [4.69, 9.17) is 11.6 Å². The number of benzene rings is 1. The van der Waals surface area contributed by atoms with E-state index in [-0.39, 0.29) is 16.8 Å². The molecule has 0 radical (unpaired) electrons. The number of rotatable bonds is 2. The van der Waals surface area contributed by atoms with Crippen LogP contribution in [-0.4, -0.2) is 20.9 Å². The number of amides is 1. The van der Waals surface area contributed by atoms with Crippen molar-refractivity contribution in [1.82, 2.24) is 15.0 Å². The molecule has 0 aliphatic carbocycles. The molecular weight excluding hydrogens is 284 g/mol. The minimum atomic E-state index is -0.381. The summed E-state index contributed by atoms with van der Waals surface area (Å²) < 4.78 is 1.01. The van der Waals surface area contributed by atoms with E-state index in [9.17, 15) is 4.79 Å². The SMILES string of the molecule is O=C(Nc1nc2ccccc2s1)c1cncc(Cl)n1. The minimum Gasteiger partial charge on any atom is -0.296 e. The number of fused-ring (bicyclic) bond motifs is 1. The van der Waals surface area contributed by atoms with Crippen LogP contribution in [0, 0.1) is 0 Å². The van der Waals surface area contributed by atoms with Gasteiger partial charge in [-0.2, -0.15) is 0 Å². The van der Waals surface area contributed by atoms with Crippen LogP contribution in [0.25, 0.3) is 10.2 Å². The normalized spacial score (nSPS) is 10.6. The Morgan fingerprint density at radius 1 is 1.21 bits per heavy atom. The number of aromatic nitrogens is 3. The Labute approximate surface area is 117 Å². The van der Waals surface area contributed by atoms with Gasteiger partial charge in [0.1, 0.15) is 10.8 Å². The van der Waals surface area contributed by atoms with Crippen LogP contribution < -0.4 is 5.32 Å². The third kappa shape index (κ3) is 2.54. The molecule has 1 amide bonds. The van der Waals surface area contributed by atoms with E-state index in [0.29, 0.717) is 5.13 Å². The molecule has 1 N–H and O–H groups in total. The lowest BCUT2D eigenvalue weighted by Gasteiger charge is -1.99. The van der Waals surface area contributed by atoms with Gasteiger partial charge in [0, 0.05) is 0 Å².